The quantitative estimate of drug-likeness (QED) is 0.632. The first kappa shape index (κ1) is 20.3. The van der Waals surface area contributed by atoms with E-state index in [0.29, 0.717) is 6.54 Å². The summed E-state index contributed by atoms with van der Waals surface area (Å²) in [5.74, 6) is 1.95. The van der Waals surface area contributed by atoms with Crippen LogP contribution in [0.3, 0.4) is 0 Å². The molecule has 1 amide bonds. The summed E-state index contributed by atoms with van der Waals surface area (Å²) < 4.78 is 0. The first-order chi connectivity index (χ1) is 14.7. The molecule has 0 radical (unpaired) electrons. The van der Waals surface area contributed by atoms with Gasteiger partial charge in [0.15, 0.2) is 5.82 Å². The predicted molar refractivity (Wildman–Crippen MR) is 122 cm³/mol. The summed E-state index contributed by atoms with van der Waals surface area (Å²) in [6.45, 7) is 9.50. The number of benzene rings is 2. The van der Waals surface area contributed by atoms with Gasteiger partial charge in [-0.2, -0.15) is 0 Å². The third-order valence-electron chi connectivity index (χ3n) is 5.76. The molecule has 0 spiro atoms. The topological polar surface area (TPSA) is 52.6 Å². The monoisotopic (exact) mass is 403 g/mol. The van der Waals surface area contributed by atoms with Gasteiger partial charge >= 0.3 is 0 Å². The first-order valence-corrected chi connectivity index (χ1v) is 10.8. The Balaban J connectivity index is 1.55. The molecule has 2 aromatic carbocycles. The average molecular weight is 404 g/mol. The van der Waals surface area contributed by atoms with Crippen LogP contribution in [0.5, 0.6) is 0 Å². The third-order valence-corrected chi connectivity index (χ3v) is 5.76. The fraction of sp³-hybridized carbons (Fsp3) is 0.375. The van der Waals surface area contributed by atoms with E-state index in [1.807, 2.05) is 67.3 Å². The maximum atomic E-state index is 12.5. The molecule has 6 heteroatoms. The largest absolute Gasteiger partial charge is 0.353 e. The number of nitrogens with zero attached hydrogens (tertiary/aromatic N) is 5. The number of carbonyl (C=O) groups is 1. The van der Waals surface area contributed by atoms with Gasteiger partial charge in [-0.3, -0.25) is 9.69 Å². The normalized spacial score (nSPS) is 14.8. The lowest BCUT2D eigenvalue weighted by molar-refractivity contribution is -0.132. The number of fused-ring (bicyclic) bond motifs is 1. The van der Waals surface area contributed by atoms with Crippen molar-refractivity contribution in [1.82, 2.24) is 19.8 Å². The maximum Gasteiger partial charge on any atom is 0.236 e. The molecule has 0 unspecified atom stereocenters. The van der Waals surface area contributed by atoms with E-state index in [0.717, 1.165) is 67.4 Å². The molecular weight excluding hydrogens is 374 g/mol. The van der Waals surface area contributed by atoms with Gasteiger partial charge in [0.05, 0.1) is 12.1 Å². The van der Waals surface area contributed by atoms with Crippen molar-refractivity contribution < 1.29 is 4.79 Å². The highest BCUT2D eigenvalue weighted by atomic mass is 16.2. The van der Waals surface area contributed by atoms with Gasteiger partial charge in [0.2, 0.25) is 5.91 Å². The Hall–Kier alpha value is -2.99. The zero-order valence-corrected chi connectivity index (χ0v) is 17.8. The van der Waals surface area contributed by atoms with Crippen LogP contribution in [0, 0.1) is 0 Å². The second-order valence-electron chi connectivity index (χ2n) is 7.58. The number of carbonyl (C=O) groups excluding carboxylic acids is 1. The molecule has 1 fully saturated rings. The Bertz CT molecular complexity index is 995. The van der Waals surface area contributed by atoms with E-state index in [1.165, 1.54) is 0 Å². The van der Waals surface area contributed by atoms with Crippen molar-refractivity contribution in [2.75, 3.05) is 50.7 Å². The summed E-state index contributed by atoms with van der Waals surface area (Å²) in [7, 11) is 0. The van der Waals surface area contributed by atoms with Gasteiger partial charge in [-0.1, -0.05) is 42.5 Å². The summed E-state index contributed by atoms with van der Waals surface area (Å²) in [6, 6.07) is 18.3. The number of piperazine rings is 1. The molecule has 0 aliphatic carbocycles. The Kier molecular flexibility index (Phi) is 6.23. The number of rotatable bonds is 6. The number of amides is 1. The molecule has 2 heterocycles. The SMILES string of the molecule is CCN(CC)C(=O)CN1CCN(c2nc(-c3ccccc3)nc3ccccc23)CC1. The van der Waals surface area contributed by atoms with Gasteiger partial charge in [-0.05, 0) is 26.0 Å². The zero-order valence-electron chi connectivity index (χ0n) is 17.8. The molecule has 0 atom stereocenters. The summed E-state index contributed by atoms with van der Waals surface area (Å²) in [5.41, 5.74) is 1.98. The van der Waals surface area contributed by atoms with Crippen molar-refractivity contribution in [1.29, 1.82) is 0 Å². The van der Waals surface area contributed by atoms with Crippen molar-refractivity contribution in [2.45, 2.75) is 13.8 Å². The van der Waals surface area contributed by atoms with Gasteiger partial charge in [0.25, 0.3) is 0 Å². The number of aromatic nitrogens is 2. The average Bonchev–Trinajstić information content (AvgIpc) is 2.80. The molecule has 1 aromatic heterocycles. The van der Waals surface area contributed by atoms with Crippen LogP contribution in [0.2, 0.25) is 0 Å². The molecule has 1 saturated heterocycles. The molecule has 0 saturated carbocycles. The lowest BCUT2D eigenvalue weighted by Gasteiger charge is -2.36. The Morgan fingerprint density at radius 3 is 2.27 bits per heavy atom. The van der Waals surface area contributed by atoms with Crippen molar-refractivity contribution in [3.05, 3.63) is 54.6 Å². The molecule has 4 rings (SSSR count). The van der Waals surface area contributed by atoms with Crippen LogP contribution in [0.1, 0.15) is 13.8 Å². The molecule has 30 heavy (non-hydrogen) atoms. The molecule has 156 valence electrons. The van der Waals surface area contributed by atoms with Crippen LogP contribution in [0.4, 0.5) is 5.82 Å². The van der Waals surface area contributed by atoms with E-state index in [1.54, 1.807) is 0 Å². The first-order valence-electron chi connectivity index (χ1n) is 10.8. The van der Waals surface area contributed by atoms with Gasteiger partial charge in [0.1, 0.15) is 5.82 Å². The van der Waals surface area contributed by atoms with Crippen molar-refractivity contribution in [3.63, 3.8) is 0 Å². The molecular formula is C24H29N5O. The van der Waals surface area contributed by atoms with Crippen molar-refractivity contribution in [2.24, 2.45) is 0 Å². The van der Waals surface area contributed by atoms with Crippen LogP contribution >= 0.6 is 0 Å². The smallest absolute Gasteiger partial charge is 0.236 e. The van der Waals surface area contributed by atoms with Crippen LogP contribution in [0.15, 0.2) is 54.6 Å². The van der Waals surface area contributed by atoms with Gasteiger partial charge in [-0.15, -0.1) is 0 Å². The van der Waals surface area contributed by atoms with Gasteiger partial charge < -0.3 is 9.80 Å². The van der Waals surface area contributed by atoms with E-state index < -0.39 is 0 Å². The summed E-state index contributed by atoms with van der Waals surface area (Å²) in [6.07, 6.45) is 0. The summed E-state index contributed by atoms with van der Waals surface area (Å²) in [5, 5.41) is 1.07. The summed E-state index contributed by atoms with van der Waals surface area (Å²) in [4.78, 5) is 28.7. The molecule has 6 nitrogen and oxygen atoms in total. The highest BCUT2D eigenvalue weighted by Gasteiger charge is 2.23. The highest BCUT2D eigenvalue weighted by Crippen LogP contribution is 2.28. The van der Waals surface area contributed by atoms with E-state index >= 15 is 0 Å². The van der Waals surface area contributed by atoms with Crippen molar-refractivity contribution in [3.8, 4) is 11.4 Å². The second kappa shape index (κ2) is 9.22. The van der Waals surface area contributed by atoms with E-state index in [9.17, 15) is 4.79 Å². The number of hydrogen-bond donors (Lipinski definition) is 0. The van der Waals surface area contributed by atoms with E-state index in [4.69, 9.17) is 9.97 Å². The number of hydrogen-bond acceptors (Lipinski definition) is 5. The molecule has 3 aromatic rings. The molecule has 0 bridgehead atoms. The minimum Gasteiger partial charge on any atom is -0.353 e. The third kappa shape index (κ3) is 4.28. The van der Waals surface area contributed by atoms with Gasteiger partial charge in [0, 0.05) is 50.2 Å². The van der Waals surface area contributed by atoms with Crippen molar-refractivity contribution >= 4 is 22.6 Å². The number of para-hydroxylation sites is 1. The molecule has 1 aliphatic rings. The second-order valence-corrected chi connectivity index (χ2v) is 7.58. The Labute approximate surface area is 178 Å². The Morgan fingerprint density at radius 1 is 0.900 bits per heavy atom. The molecule has 1 aliphatic heterocycles. The van der Waals surface area contributed by atoms with E-state index in [-0.39, 0.29) is 5.91 Å². The van der Waals surface area contributed by atoms with Gasteiger partial charge in [-0.25, -0.2) is 9.97 Å². The predicted octanol–water partition coefficient (Wildman–Crippen LogP) is 3.29. The maximum absolute atomic E-state index is 12.5. The fourth-order valence-corrected chi connectivity index (χ4v) is 4.00. The lowest BCUT2D eigenvalue weighted by Crippen LogP contribution is -2.50. The zero-order chi connectivity index (χ0) is 20.9. The summed E-state index contributed by atoms with van der Waals surface area (Å²) >= 11 is 0. The number of likely N-dealkylation sites (N-methyl/N-ethyl adjacent to an activating group) is 1. The lowest BCUT2D eigenvalue weighted by atomic mass is 10.1. The fourth-order valence-electron chi connectivity index (χ4n) is 4.00. The number of anilines is 1. The standard InChI is InChI=1S/C24H29N5O/c1-3-28(4-2)22(30)18-27-14-16-29(17-15-27)24-20-12-8-9-13-21(20)25-23(26-24)19-10-6-5-7-11-19/h5-13H,3-4,14-18H2,1-2H3. The highest BCUT2D eigenvalue weighted by molar-refractivity contribution is 5.91. The Morgan fingerprint density at radius 2 is 1.57 bits per heavy atom. The van der Waals surface area contributed by atoms with Crippen LogP contribution in [-0.2, 0) is 4.79 Å². The van der Waals surface area contributed by atoms with E-state index in [2.05, 4.69) is 15.9 Å². The van der Waals surface area contributed by atoms with Crippen LogP contribution < -0.4 is 4.90 Å². The van der Waals surface area contributed by atoms with Crippen LogP contribution in [-0.4, -0.2) is 71.5 Å². The van der Waals surface area contributed by atoms with Crippen LogP contribution in [0.25, 0.3) is 22.3 Å². The minimum atomic E-state index is 0.215. The molecule has 0 N–H and O–H groups in total. The minimum absolute atomic E-state index is 0.215.